The zero-order valence-corrected chi connectivity index (χ0v) is 7.26. The van der Waals surface area contributed by atoms with E-state index in [2.05, 4.69) is 10.1 Å². The van der Waals surface area contributed by atoms with E-state index in [9.17, 15) is 13.6 Å². The largest absolute Gasteiger partial charge is 0.478 e. The van der Waals surface area contributed by atoms with Gasteiger partial charge in [-0.3, -0.25) is 0 Å². The fraction of sp³-hybridized carbons (Fsp3) is 0.125. The Bertz CT molecular complexity index is 524. The summed E-state index contributed by atoms with van der Waals surface area (Å²) in [5.74, 6) is -1.91. The molecule has 0 spiro atoms. The molecule has 0 radical (unpaired) electrons. The Morgan fingerprint density at radius 3 is 2.87 bits per heavy atom. The minimum absolute atomic E-state index is 0.0831. The van der Waals surface area contributed by atoms with E-state index in [0.29, 0.717) is 0 Å². The van der Waals surface area contributed by atoms with Crippen molar-refractivity contribution in [2.24, 2.45) is 0 Å². The van der Waals surface area contributed by atoms with Crippen LogP contribution in [0.3, 0.4) is 0 Å². The molecule has 2 aromatic rings. The number of aromatic carboxylic acids is 1. The van der Waals surface area contributed by atoms with E-state index >= 15 is 0 Å². The minimum atomic E-state index is -2.81. The van der Waals surface area contributed by atoms with Gasteiger partial charge in [0.25, 0.3) is 6.43 Å². The van der Waals surface area contributed by atoms with Crippen LogP contribution in [0, 0.1) is 0 Å². The third-order valence-electron chi connectivity index (χ3n) is 1.80. The summed E-state index contributed by atoms with van der Waals surface area (Å²) < 4.78 is 25.5. The number of carboxylic acid groups (broad SMARTS) is 1. The second-order valence-electron chi connectivity index (χ2n) is 2.77. The molecule has 2 aromatic heterocycles. The van der Waals surface area contributed by atoms with Crippen molar-refractivity contribution in [3.8, 4) is 0 Å². The maximum absolute atomic E-state index is 12.3. The first-order valence-electron chi connectivity index (χ1n) is 3.96. The van der Waals surface area contributed by atoms with Gasteiger partial charge in [0.15, 0.2) is 5.65 Å². The molecule has 0 amide bonds. The molecule has 0 saturated heterocycles. The zero-order valence-electron chi connectivity index (χ0n) is 7.26. The molecule has 0 fully saturated rings. The molecule has 0 aliphatic carbocycles. The lowest BCUT2D eigenvalue weighted by atomic mass is 10.3. The first-order chi connectivity index (χ1) is 7.09. The number of rotatable bonds is 2. The van der Waals surface area contributed by atoms with Gasteiger partial charge in [-0.15, -0.1) is 5.10 Å². The highest BCUT2D eigenvalue weighted by Crippen LogP contribution is 2.16. The molecule has 78 valence electrons. The van der Waals surface area contributed by atoms with Crippen LogP contribution in [0.1, 0.15) is 22.6 Å². The molecule has 0 aliphatic rings. The van der Waals surface area contributed by atoms with E-state index in [-0.39, 0.29) is 11.2 Å². The number of fused-ring (bicyclic) bond motifs is 1. The van der Waals surface area contributed by atoms with Crippen molar-refractivity contribution in [1.29, 1.82) is 0 Å². The number of hydrogen-bond donors (Lipinski definition) is 1. The number of alkyl halides is 2. The molecule has 2 rings (SSSR count). The van der Waals surface area contributed by atoms with Gasteiger partial charge >= 0.3 is 5.97 Å². The van der Waals surface area contributed by atoms with E-state index in [1.807, 2.05) is 0 Å². The van der Waals surface area contributed by atoms with E-state index in [1.165, 1.54) is 18.3 Å². The molecule has 5 nitrogen and oxygen atoms in total. The van der Waals surface area contributed by atoms with E-state index < -0.39 is 18.2 Å². The Morgan fingerprint density at radius 2 is 2.27 bits per heavy atom. The molecule has 15 heavy (non-hydrogen) atoms. The lowest BCUT2D eigenvalue weighted by Crippen LogP contribution is -2.00. The molecule has 0 bridgehead atoms. The van der Waals surface area contributed by atoms with Crippen LogP contribution in [0.5, 0.6) is 0 Å². The molecule has 0 aromatic carbocycles. The summed E-state index contributed by atoms with van der Waals surface area (Å²) in [6.07, 6.45) is -1.45. The summed E-state index contributed by atoms with van der Waals surface area (Å²) >= 11 is 0. The summed E-state index contributed by atoms with van der Waals surface area (Å²) in [5.41, 5.74) is -0.239. The lowest BCUT2D eigenvalue weighted by Gasteiger charge is -1.94. The van der Waals surface area contributed by atoms with Gasteiger partial charge in [-0.25, -0.2) is 23.1 Å². The quantitative estimate of drug-likeness (QED) is 0.817. The number of carboxylic acids is 1. The molecule has 2 heterocycles. The van der Waals surface area contributed by atoms with Crippen LogP contribution >= 0.6 is 0 Å². The van der Waals surface area contributed by atoms with Crippen LogP contribution in [0.4, 0.5) is 8.78 Å². The van der Waals surface area contributed by atoms with Crippen LogP contribution < -0.4 is 0 Å². The van der Waals surface area contributed by atoms with Gasteiger partial charge in [0.2, 0.25) is 5.82 Å². The van der Waals surface area contributed by atoms with E-state index in [0.717, 1.165) is 4.52 Å². The van der Waals surface area contributed by atoms with Crippen LogP contribution in [0.2, 0.25) is 0 Å². The first-order valence-corrected chi connectivity index (χ1v) is 3.96. The highest BCUT2D eigenvalue weighted by atomic mass is 19.3. The van der Waals surface area contributed by atoms with Gasteiger partial charge < -0.3 is 5.11 Å². The summed E-state index contributed by atoms with van der Waals surface area (Å²) in [5, 5.41) is 12.2. The fourth-order valence-corrected chi connectivity index (χ4v) is 1.18. The predicted molar refractivity (Wildman–Crippen MR) is 44.9 cm³/mol. The minimum Gasteiger partial charge on any atom is -0.478 e. The van der Waals surface area contributed by atoms with Gasteiger partial charge in [0.05, 0.1) is 0 Å². The van der Waals surface area contributed by atoms with Crippen molar-refractivity contribution in [3.63, 3.8) is 0 Å². The number of hydrogen-bond acceptors (Lipinski definition) is 3. The summed E-state index contributed by atoms with van der Waals surface area (Å²) in [6, 6.07) is 2.68. The van der Waals surface area contributed by atoms with Crippen molar-refractivity contribution in [2.45, 2.75) is 6.43 Å². The number of halogens is 2. The van der Waals surface area contributed by atoms with Gasteiger partial charge in [-0.1, -0.05) is 0 Å². The molecular weight excluding hydrogens is 208 g/mol. The highest BCUT2D eigenvalue weighted by Gasteiger charge is 2.17. The molecular formula is C8H5F2N3O2. The maximum Gasteiger partial charge on any atom is 0.339 e. The summed E-state index contributed by atoms with van der Waals surface area (Å²) in [7, 11) is 0. The Balaban J connectivity index is 2.70. The second-order valence-corrected chi connectivity index (χ2v) is 2.77. The van der Waals surface area contributed by atoms with Gasteiger partial charge in [0.1, 0.15) is 5.56 Å². The zero-order chi connectivity index (χ0) is 11.0. The maximum atomic E-state index is 12.3. The van der Waals surface area contributed by atoms with Gasteiger partial charge in [0, 0.05) is 6.20 Å². The number of pyridine rings is 1. The van der Waals surface area contributed by atoms with Crippen molar-refractivity contribution in [1.82, 2.24) is 14.6 Å². The highest BCUT2D eigenvalue weighted by molar-refractivity contribution is 5.94. The molecule has 7 heteroatoms. The lowest BCUT2D eigenvalue weighted by molar-refractivity contribution is 0.0698. The third kappa shape index (κ3) is 1.51. The number of nitrogens with zero attached hydrogens (tertiary/aromatic N) is 3. The van der Waals surface area contributed by atoms with Crippen LogP contribution in [-0.2, 0) is 0 Å². The van der Waals surface area contributed by atoms with Crippen LogP contribution in [-0.4, -0.2) is 25.7 Å². The predicted octanol–water partition coefficient (Wildman–Crippen LogP) is 1.37. The molecule has 0 atom stereocenters. The monoisotopic (exact) mass is 213 g/mol. The van der Waals surface area contributed by atoms with Crippen molar-refractivity contribution in [2.75, 3.05) is 0 Å². The smallest absolute Gasteiger partial charge is 0.339 e. The molecule has 1 N–H and O–H groups in total. The van der Waals surface area contributed by atoms with Crippen LogP contribution in [0.15, 0.2) is 18.3 Å². The third-order valence-corrected chi connectivity index (χ3v) is 1.80. The Kier molecular flexibility index (Phi) is 2.07. The van der Waals surface area contributed by atoms with E-state index in [4.69, 9.17) is 5.11 Å². The Morgan fingerprint density at radius 1 is 1.53 bits per heavy atom. The summed E-state index contributed by atoms with van der Waals surface area (Å²) in [6.45, 7) is 0. The van der Waals surface area contributed by atoms with Crippen molar-refractivity contribution in [3.05, 3.63) is 29.7 Å². The van der Waals surface area contributed by atoms with Crippen molar-refractivity contribution < 1.29 is 18.7 Å². The standard InChI is InChI=1S/C8H5F2N3O2/c9-5(10)6-11-7-4(8(14)15)2-1-3-13(7)12-6/h1-3,5H,(H,14,15). The average Bonchev–Trinajstić information content (AvgIpc) is 2.60. The van der Waals surface area contributed by atoms with Gasteiger partial charge in [-0.2, -0.15) is 0 Å². The van der Waals surface area contributed by atoms with E-state index in [1.54, 1.807) is 0 Å². The average molecular weight is 213 g/mol. The molecule has 0 saturated carbocycles. The second kappa shape index (κ2) is 3.26. The Labute approximate surface area is 82.0 Å². The topological polar surface area (TPSA) is 67.5 Å². The molecule has 0 unspecified atom stereocenters. The van der Waals surface area contributed by atoms with Gasteiger partial charge in [-0.05, 0) is 12.1 Å². The number of aromatic nitrogens is 3. The Hall–Kier alpha value is -2.05. The first kappa shape index (κ1) is 9.50. The summed E-state index contributed by atoms with van der Waals surface area (Å²) in [4.78, 5) is 14.2. The fourth-order valence-electron chi connectivity index (χ4n) is 1.18. The van der Waals surface area contributed by atoms with Crippen LogP contribution in [0.25, 0.3) is 5.65 Å². The number of carbonyl (C=O) groups is 1. The SMILES string of the molecule is O=C(O)c1cccn2nc(C(F)F)nc12. The normalized spacial score (nSPS) is 11.1. The molecule has 0 aliphatic heterocycles. The van der Waals surface area contributed by atoms with Crippen molar-refractivity contribution >= 4 is 11.6 Å².